The Morgan fingerprint density at radius 3 is 2.58 bits per heavy atom. The molecule has 104 valence electrons. The Kier molecular flexibility index (Phi) is 5.11. The van der Waals surface area contributed by atoms with Crippen molar-refractivity contribution in [1.82, 2.24) is 4.31 Å². The molecule has 7 heteroatoms. The zero-order valence-electron chi connectivity index (χ0n) is 10.5. The molecule has 0 bridgehead atoms. The van der Waals surface area contributed by atoms with Crippen LogP contribution in [-0.4, -0.2) is 37.4 Å². The highest BCUT2D eigenvalue weighted by Gasteiger charge is 2.22. The number of carboxylic acids is 1. The molecular weight excluding hydrogens is 290 g/mol. The van der Waals surface area contributed by atoms with Gasteiger partial charge in [-0.2, -0.15) is 0 Å². The second-order valence-electron chi connectivity index (χ2n) is 3.78. The van der Waals surface area contributed by atoms with Crippen molar-refractivity contribution in [3.8, 4) is 0 Å². The van der Waals surface area contributed by atoms with Crippen LogP contribution in [0.1, 0.15) is 12.5 Å². The van der Waals surface area contributed by atoms with E-state index in [1.807, 2.05) is 0 Å². The van der Waals surface area contributed by atoms with Crippen LogP contribution in [0.2, 0.25) is 5.02 Å². The zero-order valence-corrected chi connectivity index (χ0v) is 12.1. The molecule has 0 aliphatic rings. The van der Waals surface area contributed by atoms with Crippen LogP contribution in [0.4, 0.5) is 0 Å². The second kappa shape index (κ2) is 6.18. The first-order chi connectivity index (χ1) is 8.78. The summed E-state index contributed by atoms with van der Waals surface area (Å²) in [6.45, 7) is 2.05. The van der Waals surface area contributed by atoms with Gasteiger partial charge in [0.15, 0.2) is 0 Å². The maximum atomic E-state index is 12.1. The fourth-order valence-electron chi connectivity index (χ4n) is 1.34. The van der Waals surface area contributed by atoms with Gasteiger partial charge in [0.1, 0.15) is 4.90 Å². The third-order valence-electron chi connectivity index (χ3n) is 2.51. The number of carbonyl (C=O) groups is 1. The van der Waals surface area contributed by atoms with Crippen molar-refractivity contribution in [2.45, 2.75) is 11.8 Å². The fraction of sp³-hybridized carbons (Fsp3) is 0.250. The molecule has 0 unspecified atom stereocenters. The lowest BCUT2D eigenvalue weighted by molar-refractivity contribution is -0.131. The SMILES string of the molecule is CCN(C)S(=O)(=O)c1ccc(/C=C/C(=O)O)cc1Cl. The fourth-order valence-corrected chi connectivity index (χ4v) is 3.04. The minimum Gasteiger partial charge on any atom is -0.478 e. The van der Waals surface area contributed by atoms with Crippen LogP contribution in [0.5, 0.6) is 0 Å². The Morgan fingerprint density at radius 2 is 2.11 bits per heavy atom. The molecule has 0 fully saturated rings. The second-order valence-corrected chi connectivity index (χ2v) is 6.20. The first-order valence-electron chi connectivity index (χ1n) is 5.46. The number of sulfonamides is 1. The molecule has 0 radical (unpaired) electrons. The summed E-state index contributed by atoms with van der Waals surface area (Å²) in [7, 11) is -2.14. The Labute approximate surface area is 117 Å². The maximum Gasteiger partial charge on any atom is 0.328 e. The number of benzene rings is 1. The predicted molar refractivity (Wildman–Crippen MR) is 73.6 cm³/mol. The lowest BCUT2D eigenvalue weighted by Gasteiger charge is -2.15. The zero-order chi connectivity index (χ0) is 14.6. The molecular formula is C12H14ClNO4S. The topological polar surface area (TPSA) is 74.7 Å². The van der Waals surface area contributed by atoms with E-state index in [9.17, 15) is 13.2 Å². The highest BCUT2D eigenvalue weighted by molar-refractivity contribution is 7.89. The minimum absolute atomic E-state index is 0.00555. The van der Waals surface area contributed by atoms with Gasteiger partial charge in [-0.05, 0) is 23.8 Å². The van der Waals surface area contributed by atoms with Crippen LogP contribution in [-0.2, 0) is 14.8 Å². The molecule has 1 N–H and O–H groups in total. The van der Waals surface area contributed by atoms with Gasteiger partial charge in [-0.1, -0.05) is 24.6 Å². The normalized spacial score (nSPS) is 12.2. The molecule has 0 heterocycles. The third kappa shape index (κ3) is 3.79. The van der Waals surface area contributed by atoms with E-state index in [-0.39, 0.29) is 9.92 Å². The van der Waals surface area contributed by atoms with Crippen molar-refractivity contribution in [1.29, 1.82) is 0 Å². The Hall–Kier alpha value is -1.37. The summed E-state index contributed by atoms with van der Waals surface area (Å²) >= 11 is 5.94. The number of hydrogen-bond donors (Lipinski definition) is 1. The minimum atomic E-state index is -3.61. The molecule has 0 saturated heterocycles. The monoisotopic (exact) mass is 303 g/mol. The van der Waals surface area contributed by atoms with Crippen molar-refractivity contribution in [3.63, 3.8) is 0 Å². The van der Waals surface area contributed by atoms with E-state index >= 15 is 0 Å². The summed E-state index contributed by atoms with van der Waals surface area (Å²) in [6.07, 6.45) is 2.30. The van der Waals surface area contributed by atoms with Gasteiger partial charge < -0.3 is 5.11 Å². The Balaban J connectivity index is 3.18. The van der Waals surface area contributed by atoms with Gasteiger partial charge in [0.2, 0.25) is 10.0 Å². The van der Waals surface area contributed by atoms with Gasteiger partial charge in [0.05, 0.1) is 5.02 Å². The van der Waals surface area contributed by atoms with Crippen molar-refractivity contribution >= 4 is 33.7 Å². The van der Waals surface area contributed by atoms with E-state index < -0.39 is 16.0 Å². The molecule has 0 aliphatic heterocycles. The van der Waals surface area contributed by atoms with E-state index in [2.05, 4.69) is 0 Å². The predicted octanol–water partition coefficient (Wildman–Crippen LogP) is 2.08. The summed E-state index contributed by atoms with van der Waals surface area (Å²) in [4.78, 5) is 10.4. The van der Waals surface area contributed by atoms with E-state index in [4.69, 9.17) is 16.7 Å². The van der Waals surface area contributed by atoms with E-state index in [1.54, 1.807) is 6.92 Å². The molecule has 5 nitrogen and oxygen atoms in total. The van der Waals surface area contributed by atoms with Crippen LogP contribution in [0, 0.1) is 0 Å². The van der Waals surface area contributed by atoms with Gasteiger partial charge >= 0.3 is 5.97 Å². The van der Waals surface area contributed by atoms with Crippen molar-refractivity contribution in [3.05, 3.63) is 34.9 Å². The van der Waals surface area contributed by atoms with Crippen LogP contribution in [0.25, 0.3) is 6.08 Å². The highest BCUT2D eigenvalue weighted by Crippen LogP contribution is 2.25. The number of rotatable bonds is 5. The largest absolute Gasteiger partial charge is 0.478 e. The first-order valence-corrected chi connectivity index (χ1v) is 7.27. The smallest absolute Gasteiger partial charge is 0.328 e. The molecule has 1 aromatic rings. The molecule has 1 rings (SSSR count). The number of nitrogens with zero attached hydrogens (tertiary/aromatic N) is 1. The molecule has 19 heavy (non-hydrogen) atoms. The van der Waals surface area contributed by atoms with Gasteiger partial charge in [0.25, 0.3) is 0 Å². The number of hydrogen-bond acceptors (Lipinski definition) is 3. The van der Waals surface area contributed by atoms with Crippen LogP contribution >= 0.6 is 11.6 Å². The van der Waals surface area contributed by atoms with Crippen LogP contribution < -0.4 is 0 Å². The third-order valence-corrected chi connectivity index (χ3v) is 4.92. The number of carboxylic acid groups (broad SMARTS) is 1. The number of aliphatic carboxylic acids is 1. The molecule has 0 aliphatic carbocycles. The summed E-state index contributed by atoms with van der Waals surface area (Å²) in [5.41, 5.74) is 0.519. The summed E-state index contributed by atoms with van der Waals surface area (Å²) < 4.78 is 25.4. The van der Waals surface area contributed by atoms with E-state index in [0.29, 0.717) is 12.1 Å². The molecule has 1 aromatic carbocycles. The lowest BCUT2D eigenvalue weighted by atomic mass is 10.2. The maximum absolute atomic E-state index is 12.1. The molecule has 0 spiro atoms. The van der Waals surface area contributed by atoms with Crippen LogP contribution in [0.15, 0.2) is 29.2 Å². The molecule has 0 atom stereocenters. The van der Waals surface area contributed by atoms with Gasteiger partial charge in [-0.15, -0.1) is 0 Å². The first kappa shape index (κ1) is 15.7. The molecule has 0 aromatic heterocycles. The van der Waals surface area contributed by atoms with Gasteiger partial charge in [-0.3, -0.25) is 0 Å². The Morgan fingerprint density at radius 1 is 1.47 bits per heavy atom. The molecule has 0 saturated carbocycles. The summed E-state index contributed by atoms with van der Waals surface area (Å²) in [5.74, 6) is -1.08. The average Bonchev–Trinajstić information content (AvgIpc) is 2.34. The van der Waals surface area contributed by atoms with Crippen LogP contribution in [0.3, 0.4) is 0 Å². The van der Waals surface area contributed by atoms with Gasteiger partial charge in [0, 0.05) is 19.7 Å². The standard InChI is InChI=1S/C12H14ClNO4S/c1-3-14(2)19(17,18)11-6-4-9(8-10(11)13)5-7-12(15)16/h4-8H,3H2,1-2H3,(H,15,16)/b7-5+. The van der Waals surface area contributed by atoms with Crippen molar-refractivity contribution in [2.75, 3.05) is 13.6 Å². The van der Waals surface area contributed by atoms with Gasteiger partial charge in [-0.25, -0.2) is 17.5 Å². The summed E-state index contributed by atoms with van der Waals surface area (Å²) in [6, 6.07) is 4.28. The highest BCUT2D eigenvalue weighted by atomic mass is 35.5. The quantitative estimate of drug-likeness (QED) is 0.845. The number of halogens is 1. The van der Waals surface area contributed by atoms with Crippen molar-refractivity contribution in [2.24, 2.45) is 0 Å². The molecule has 0 amide bonds. The van der Waals surface area contributed by atoms with E-state index in [0.717, 1.165) is 6.08 Å². The summed E-state index contributed by atoms with van der Waals surface area (Å²) in [5, 5.41) is 8.57. The van der Waals surface area contributed by atoms with Crippen molar-refractivity contribution < 1.29 is 18.3 Å². The Bertz CT molecular complexity index is 610. The average molecular weight is 304 g/mol. The van der Waals surface area contributed by atoms with E-state index in [1.165, 1.54) is 35.6 Å². The lowest BCUT2D eigenvalue weighted by Crippen LogP contribution is -2.26.